The molecule has 2 amide bonds. The molecule has 1 aliphatic rings. The fraction of sp³-hybridized carbons (Fsp3) is 0.286. The van der Waals surface area contributed by atoms with Crippen molar-refractivity contribution in [2.75, 3.05) is 37.6 Å². The van der Waals surface area contributed by atoms with Gasteiger partial charge in [0.1, 0.15) is 11.5 Å². The lowest BCUT2D eigenvalue weighted by atomic mass is 10.1. The van der Waals surface area contributed by atoms with Crippen LogP contribution < -0.4 is 19.7 Å². The summed E-state index contributed by atoms with van der Waals surface area (Å²) in [5.74, 6) is -0.863. The van der Waals surface area contributed by atoms with Gasteiger partial charge in [-0.05, 0) is 24.3 Å². The van der Waals surface area contributed by atoms with Crippen LogP contribution in [-0.2, 0) is 19.1 Å². The quantitative estimate of drug-likeness (QED) is 0.719. The maximum absolute atomic E-state index is 12.3. The minimum atomic E-state index is -0.609. The number of amides is 2. The van der Waals surface area contributed by atoms with Crippen LogP contribution in [0.15, 0.2) is 48.5 Å². The summed E-state index contributed by atoms with van der Waals surface area (Å²) in [5, 5.41) is 2.63. The lowest BCUT2D eigenvalue weighted by molar-refractivity contribution is -0.151. The number of nitrogens with one attached hydrogen (secondary N) is 1. The molecule has 0 saturated carbocycles. The molecular formula is C21H22N2O6. The van der Waals surface area contributed by atoms with Crippen molar-refractivity contribution in [3.05, 3.63) is 48.5 Å². The highest BCUT2D eigenvalue weighted by Crippen LogP contribution is 2.29. The highest BCUT2D eigenvalue weighted by atomic mass is 16.5. The molecule has 0 bridgehead atoms. The van der Waals surface area contributed by atoms with E-state index < -0.39 is 24.4 Å². The monoisotopic (exact) mass is 398 g/mol. The summed E-state index contributed by atoms with van der Waals surface area (Å²) >= 11 is 0. The van der Waals surface area contributed by atoms with Crippen molar-refractivity contribution in [1.82, 2.24) is 0 Å². The Morgan fingerprint density at radius 1 is 1.10 bits per heavy atom. The molecule has 3 rings (SSSR count). The Hall–Kier alpha value is -3.55. The highest BCUT2D eigenvalue weighted by molar-refractivity contribution is 6.00. The third kappa shape index (κ3) is 4.84. The second-order valence-corrected chi connectivity index (χ2v) is 6.46. The molecule has 1 heterocycles. The van der Waals surface area contributed by atoms with Crippen LogP contribution in [0.5, 0.6) is 11.5 Å². The molecule has 0 spiro atoms. The lowest BCUT2D eigenvalue weighted by Gasteiger charge is -2.16. The molecule has 1 aliphatic heterocycles. The number of methoxy groups -OCH3 is 2. The third-order valence-electron chi connectivity index (χ3n) is 4.55. The summed E-state index contributed by atoms with van der Waals surface area (Å²) in [6.45, 7) is -0.234. The van der Waals surface area contributed by atoms with E-state index in [0.717, 1.165) is 5.69 Å². The molecule has 1 fully saturated rings. The fourth-order valence-corrected chi connectivity index (χ4v) is 3.08. The van der Waals surface area contributed by atoms with E-state index >= 15 is 0 Å². The highest BCUT2D eigenvalue weighted by Gasteiger charge is 2.36. The van der Waals surface area contributed by atoms with Gasteiger partial charge in [0.25, 0.3) is 5.91 Å². The van der Waals surface area contributed by atoms with Gasteiger partial charge < -0.3 is 24.4 Å². The minimum Gasteiger partial charge on any atom is -0.497 e. The Balaban J connectivity index is 1.54. The van der Waals surface area contributed by atoms with Crippen molar-refractivity contribution in [2.45, 2.75) is 6.42 Å². The van der Waals surface area contributed by atoms with Crippen LogP contribution in [0.1, 0.15) is 6.42 Å². The van der Waals surface area contributed by atoms with Crippen LogP contribution in [-0.4, -0.2) is 45.2 Å². The summed E-state index contributed by atoms with van der Waals surface area (Å²) in [5.41, 5.74) is 1.13. The fourth-order valence-electron chi connectivity index (χ4n) is 3.08. The zero-order chi connectivity index (χ0) is 20.8. The van der Waals surface area contributed by atoms with Crippen molar-refractivity contribution in [1.29, 1.82) is 0 Å². The molecule has 1 N–H and O–H groups in total. The van der Waals surface area contributed by atoms with Crippen LogP contribution in [0.25, 0.3) is 0 Å². The topological polar surface area (TPSA) is 94.2 Å². The Labute approximate surface area is 168 Å². The Morgan fingerprint density at radius 3 is 2.55 bits per heavy atom. The van der Waals surface area contributed by atoms with Crippen molar-refractivity contribution < 1.29 is 28.6 Å². The van der Waals surface area contributed by atoms with Gasteiger partial charge in [0.15, 0.2) is 6.61 Å². The van der Waals surface area contributed by atoms with Gasteiger partial charge in [-0.15, -0.1) is 0 Å². The van der Waals surface area contributed by atoms with Crippen molar-refractivity contribution in [2.24, 2.45) is 5.92 Å². The van der Waals surface area contributed by atoms with Crippen molar-refractivity contribution >= 4 is 29.2 Å². The summed E-state index contributed by atoms with van der Waals surface area (Å²) < 4.78 is 15.4. The van der Waals surface area contributed by atoms with Gasteiger partial charge in [0, 0.05) is 24.7 Å². The smallest absolute Gasteiger partial charge is 0.311 e. The van der Waals surface area contributed by atoms with Crippen molar-refractivity contribution in [3.63, 3.8) is 0 Å². The zero-order valence-electron chi connectivity index (χ0n) is 16.2. The number of benzene rings is 2. The van der Waals surface area contributed by atoms with Crippen LogP contribution in [0.2, 0.25) is 0 Å². The molecule has 0 aromatic heterocycles. The van der Waals surface area contributed by atoms with E-state index in [1.54, 1.807) is 35.2 Å². The van der Waals surface area contributed by atoms with Gasteiger partial charge in [-0.1, -0.05) is 18.2 Å². The molecule has 2 aromatic carbocycles. The number of esters is 1. The van der Waals surface area contributed by atoms with Gasteiger partial charge in [0.05, 0.1) is 25.8 Å². The van der Waals surface area contributed by atoms with Crippen LogP contribution >= 0.6 is 0 Å². The van der Waals surface area contributed by atoms with Gasteiger partial charge in [-0.25, -0.2) is 0 Å². The SMILES string of the molecule is COc1ccc(OC)c(NC(=O)COC(=O)[C@H]2CC(=O)N(c3ccccc3)C2)c1. The summed E-state index contributed by atoms with van der Waals surface area (Å²) in [7, 11) is 2.99. The molecular weight excluding hydrogens is 376 g/mol. The minimum absolute atomic E-state index is 0.0546. The maximum Gasteiger partial charge on any atom is 0.311 e. The largest absolute Gasteiger partial charge is 0.497 e. The van der Waals surface area contributed by atoms with Crippen LogP contribution in [0.4, 0.5) is 11.4 Å². The molecule has 8 nitrogen and oxygen atoms in total. The van der Waals surface area contributed by atoms with Gasteiger partial charge >= 0.3 is 5.97 Å². The average Bonchev–Trinajstić information content (AvgIpc) is 3.14. The first-order valence-corrected chi connectivity index (χ1v) is 9.05. The summed E-state index contributed by atoms with van der Waals surface area (Å²) in [6, 6.07) is 14.1. The Kier molecular flexibility index (Phi) is 6.33. The van der Waals surface area contributed by atoms with Crippen LogP contribution in [0, 0.1) is 5.92 Å². The number of nitrogens with zero attached hydrogens (tertiary/aromatic N) is 1. The van der Waals surface area contributed by atoms with Gasteiger partial charge in [0.2, 0.25) is 5.91 Å². The Morgan fingerprint density at radius 2 is 1.86 bits per heavy atom. The molecule has 1 saturated heterocycles. The molecule has 152 valence electrons. The number of ether oxygens (including phenoxy) is 3. The van der Waals surface area contributed by atoms with Gasteiger partial charge in [-0.3, -0.25) is 14.4 Å². The molecule has 0 unspecified atom stereocenters. The average molecular weight is 398 g/mol. The van der Waals surface area contributed by atoms with Crippen LogP contribution in [0.3, 0.4) is 0 Å². The predicted octanol–water partition coefficient (Wildman–Crippen LogP) is 2.24. The molecule has 0 aliphatic carbocycles. The summed E-state index contributed by atoms with van der Waals surface area (Å²) in [4.78, 5) is 38.3. The van der Waals surface area contributed by atoms with E-state index in [0.29, 0.717) is 17.2 Å². The number of anilines is 2. The first-order chi connectivity index (χ1) is 14.0. The maximum atomic E-state index is 12.3. The molecule has 0 radical (unpaired) electrons. The second kappa shape index (κ2) is 9.09. The van der Waals surface area contributed by atoms with E-state index in [-0.39, 0.29) is 18.9 Å². The zero-order valence-corrected chi connectivity index (χ0v) is 16.2. The summed E-state index contributed by atoms with van der Waals surface area (Å²) in [6.07, 6.45) is 0.0546. The molecule has 2 aromatic rings. The third-order valence-corrected chi connectivity index (χ3v) is 4.55. The molecule has 29 heavy (non-hydrogen) atoms. The predicted molar refractivity (Wildman–Crippen MR) is 106 cm³/mol. The lowest BCUT2D eigenvalue weighted by Crippen LogP contribution is -2.28. The van der Waals surface area contributed by atoms with E-state index in [4.69, 9.17) is 14.2 Å². The number of hydrogen-bond acceptors (Lipinski definition) is 6. The van der Waals surface area contributed by atoms with Gasteiger partial charge in [-0.2, -0.15) is 0 Å². The number of rotatable bonds is 7. The normalized spacial score (nSPS) is 15.7. The standard InChI is InChI=1S/C21H22N2O6/c1-27-16-8-9-18(28-2)17(11-16)22-19(24)13-29-21(26)14-10-20(25)23(12-14)15-6-4-3-5-7-15/h3-9,11,14H,10,12-13H2,1-2H3,(H,22,24)/t14-/m0/s1. The number of para-hydroxylation sites is 1. The molecule has 1 atom stereocenters. The second-order valence-electron chi connectivity index (χ2n) is 6.46. The first kappa shape index (κ1) is 20.2. The van der Waals surface area contributed by atoms with E-state index in [1.807, 2.05) is 18.2 Å². The number of carbonyl (C=O) groups excluding carboxylic acids is 3. The Bertz CT molecular complexity index is 899. The number of carbonyl (C=O) groups is 3. The van der Waals surface area contributed by atoms with E-state index in [1.165, 1.54) is 14.2 Å². The van der Waals surface area contributed by atoms with E-state index in [2.05, 4.69) is 5.32 Å². The van der Waals surface area contributed by atoms with Crippen molar-refractivity contribution in [3.8, 4) is 11.5 Å². The first-order valence-electron chi connectivity index (χ1n) is 9.05. The van der Waals surface area contributed by atoms with E-state index in [9.17, 15) is 14.4 Å². The number of hydrogen-bond donors (Lipinski definition) is 1. The molecule has 8 heteroatoms.